The van der Waals surface area contributed by atoms with Gasteiger partial charge in [0.1, 0.15) is 11.1 Å². The monoisotopic (exact) mass is 378 g/mol. The van der Waals surface area contributed by atoms with Gasteiger partial charge in [0.25, 0.3) is 0 Å². The van der Waals surface area contributed by atoms with E-state index in [1.807, 2.05) is 29.6 Å². The fraction of sp³-hybridized carbons (Fsp3) is 0.182. The zero-order valence-electron chi connectivity index (χ0n) is 14.6. The molecule has 0 aliphatic carbocycles. The Morgan fingerprint density at radius 3 is 2.65 bits per heavy atom. The maximum Gasteiger partial charge on any atom is 0.134 e. The Balaban J connectivity index is 1.84. The third-order valence-electron chi connectivity index (χ3n) is 4.13. The molecule has 2 aromatic carbocycles. The van der Waals surface area contributed by atoms with Gasteiger partial charge < -0.3 is 0 Å². The molecule has 0 atom stereocenters. The molecule has 0 N–H and O–H groups in total. The Morgan fingerprint density at radius 1 is 1.19 bits per heavy atom. The Kier molecular flexibility index (Phi) is 6.22. The summed E-state index contributed by atoms with van der Waals surface area (Å²) in [5, 5.41) is 12.9. The molecule has 0 spiro atoms. The number of halogens is 1. The fourth-order valence-electron chi connectivity index (χ4n) is 2.64. The first kappa shape index (κ1) is 18.4. The van der Waals surface area contributed by atoms with Crippen LogP contribution in [0.4, 0.5) is 0 Å². The number of rotatable bonds is 6. The largest absolute Gasteiger partial charge is 0.235 e. The number of aromatic nitrogens is 1. The molecule has 0 saturated heterocycles. The van der Waals surface area contributed by atoms with Gasteiger partial charge in [0.2, 0.25) is 0 Å². The average Bonchev–Trinajstić information content (AvgIpc) is 3.16. The van der Waals surface area contributed by atoms with Crippen molar-refractivity contribution in [3.63, 3.8) is 0 Å². The van der Waals surface area contributed by atoms with Gasteiger partial charge in [-0.25, -0.2) is 4.98 Å². The van der Waals surface area contributed by atoms with Gasteiger partial charge in [-0.05, 0) is 36.1 Å². The number of hydrogen-bond donors (Lipinski definition) is 0. The molecular formula is C22H19ClN2S. The normalized spacial score (nSPS) is 11.3. The van der Waals surface area contributed by atoms with E-state index in [-0.39, 0.29) is 0 Å². The third kappa shape index (κ3) is 4.40. The van der Waals surface area contributed by atoms with Gasteiger partial charge >= 0.3 is 0 Å². The summed E-state index contributed by atoms with van der Waals surface area (Å²) in [6.45, 7) is 2.20. The highest BCUT2D eigenvalue weighted by atomic mass is 35.5. The number of unbranched alkanes of at least 4 members (excludes halogenated alkanes) is 1. The maximum atomic E-state index is 9.54. The molecule has 130 valence electrons. The zero-order chi connectivity index (χ0) is 18.4. The van der Waals surface area contributed by atoms with Crippen LogP contribution in [0.25, 0.3) is 22.9 Å². The van der Waals surface area contributed by atoms with Crippen molar-refractivity contribution in [3.05, 3.63) is 75.1 Å². The number of thiazole rings is 1. The van der Waals surface area contributed by atoms with E-state index in [0.29, 0.717) is 15.6 Å². The van der Waals surface area contributed by atoms with Crippen molar-refractivity contribution in [2.24, 2.45) is 0 Å². The molecule has 1 aromatic heterocycles. The molecule has 0 fully saturated rings. The van der Waals surface area contributed by atoms with Gasteiger partial charge in [-0.2, -0.15) is 5.26 Å². The first-order valence-electron chi connectivity index (χ1n) is 8.63. The SMILES string of the molecule is CCCCc1ccc(-c2csc(/C(C#N)=C\c3ccccc3Cl)n2)cc1. The van der Waals surface area contributed by atoms with Gasteiger partial charge in [-0.3, -0.25) is 0 Å². The van der Waals surface area contributed by atoms with E-state index < -0.39 is 0 Å². The molecular weight excluding hydrogens is 360 g/mol. The second-order valence-electron chi connectivity index (χ2n) is 6.03. The van der Waals surface area contributed by atoms with Gasteiger partial charge in [0.05, 0.1) is 11.3 Å². The minimum Gasteiger partial charge on any atom is -0.235 e. The summed E-state index contributed by atoms with van der Waals surface area (Å²) >= 11 is 7.67. The molecule has 3 aromatic rings. The topological polar surface area (TPSA) is 36.7 Å². The van der Waals surface area contributed by atoms with Crippen molar-refractivity contribution >= 4 is 34.6 Å². The fourth-order valence-corrected chi connectivity index (χ4v) is 3.63. The molecule has 0 bridgehead atoms. The molecule has 2 nitrogen and oxygen atoms in total. The quantitative estimate of drug-likeness (QED) is 0.439. The number of nitrogens with zero attached hydrogens (tertiary/aromatic N) is 2. The predicted molar refractivity (Wildman–Crippen MR) is 111 cm³/mol. The van der Waals surface area contributed by atoms with E-state index in [4.69, 9.17) is 11.6 Å². The van der Waals surface area contributed by atoms with Crippen LogP contribution in [0, 0.1) is 11.3 Å². The highest BCUT2D eigenvalue weighted by Crippen LogP contribution is 2.28. The second-order valence-corrected chi connectivity index (χ2v) is 7.30. The minimum absolute atomic E-state index is 0.522. The van der Waals surface area contributed by atoms with E-state index in [0.717, 1.165) is 23.2 Å². The summed E-state index contributed by atoms with van der Waals surface area (Å²) in [6, 6.07) is 18.3. The van der Waals surface area contributed by atoms with Gasteiger partial charge in [-0.1, -0.05) is 67.4 Å². The summed E-state index contributed by atoms with van der Waals surface area (Å²) in [7, 11) is 0. The number of allylic oxidation sites excluding steroid dienone is 1. The minimum atomic E-state index is 0.522. The lowest BCUT2D eigenvalue weighted by Gasteiger charge is -2.02. The first-order valence-corrected chi connectivity index (χ1v) is 9.88. The van der Waals surface area contributed by atoms with Crippen molar-refractivity contribution in [3.8, 4) is 17.3 Å². The predicted octanol–water partition coefficient (Wildman–Crippen LogP) is 6.87. The summed E-state index contributed by atoms with van der Waals surface area (Å²) in [4.78, 5) is 4.65. The van der Waals surface area contributed by atoms with Gasteiger partial charge in [0.15, 0.2) is 0 Å². The summed E-state index contributed by atoms with van der Waals surface area (Å²) in [6.07, 6.45) is 5.31. The molecule has 0 saturated carbocycles. The van der Waals surface area contributed by atoms with Crippen LogP contribution in [0.5, 0.6) is 0 Å². The van der Waals surface area contributed by atoms with Crippen molar-refractivity contribution in [1.29, 1.82) is 5.26 Å². The molecule has 26 heavy (non-hydrogen) atoms. The van der Waals surface area contributed by atoms with Gasteiger partial charge in [-0.15, -0.1) is 11.3 Å². The van der Waals surface area contributed by atoms with E-state index >= 15 is 0 Å². The first-order chi connectivity index (χ1) is 12.7. The van der Waals surface area contributed by atoms with E-state index in [1.165, 1.54) is 29.7 Å². The van der Waals surface area contributed by atoms with E-state index in [9.17, 15) is 5.26 Å². The molecule has 0 amide bonds. The van der Waals surface area contributed by atoms with Crippen LogP contribution < -0.4 is 0 Å². The molecule has 0 unspecified atom stereocenters. The van der Waals surface area contributed by atoms with Gasteiger partial charge in [0, 0.05) is 16.0 Å². The lowest BCUT2D eigenvalue weighted by Crippen LogP contribution is -1.86. The van der Waals surface area contributed by atoms with Crippen LogP contribution in [0.1, 0.15) is 35.9 Å². The van der Waals surface area contributed by atoms with Crippen molar-refractivity contribution in [2.75, 3.05) is 0 Å². The van der Waals surface area contributed by atoms with Crippen LogP contribution in [-0.4, -0.2) is 4.98 Å². The van der Waals surface area contributed by atoms with E-state index in [1.54, 1.807) is 6.08 Å². The number of aryl methyl sites for hydroxylation is 1. The Labute approximate surface area is 163 Å². The Hall–Kier alpha value is -2.41. The smallest absolute Gasteiger partial charge is 0.134 e. The molecule has 4 heteroatoms. The molecule has 0 aliphatic heterocycles. The summed E-state index contributed by atoms with van der Waals surface area (Å²) < 4.78 is 0. The standard InChI is InChI=1S/C22H19ClN2S/c1-2-3-6-16-9-11-17(12-10-16)21-15-26-22(25-21)19(14-24)13-18-7-4-5-8-20(18)23/h4-5,7-13,15H,2-3,6H2,1H3/b19-13-. The number of benzene rings is 2. The molecule has 1 heterocycles. The summed E-state index contributed by atoms with van der Waals surface area (Å²) in [5.41, 5.74) is 4.66. The summed E-state index contributed by atoms with van der Waals surface area (Å²) in [5.74, 6) is 0. The van der Waals surface area contributed by atoms with Crippen LogP contribution in [0.15, 0.2) is 53.9 Å². The van der Waals surface area contributed by atoms with Crippen molar-refractivity contribution in [2.45, 2.75) is 26.2 Å². The van der Waals surface area contributed by atoms with Crippen LogP contribution in [0.3, 0.4) is 0 Å². The number of nitriles is 1. The highest BCUT2D eigenvalue weighted by Gasteiger charge is 2.10. The zero-order valence-corrected chi connectivity index (χ0v) is 16.1. The number of hydrogen-bond acceptors (Lipinski definition) is 3. The Morgan fingerprint density at radius 2 is 1.96 bits per heavy atom. The van der Waals surface area contributed by atoms with Crippen LogP contribution >= 0.6 is 22.9 Å². The Bertz CT molecular complexity index is 949. The lowest BCUT2D eigenvalue weighted by molar-refractivity contribution is 0.795. The van der Waals surface area contributed by atoms with Crippen LogP contribution in [-0.2, 0) is 6.42 Å². The van der Waals surface area contributed by atoms with Crippen molar-refractivity contribution < 1.29 is 0 Å². The molecule has 0 aliphatic rings. The molecule has 0 radical (unpaired) electrons. The third-order valence-corrected chi connectivity index (χ3v) is 5.35. The lowest BCUT2D eigenvalue weighted by atomic mass is 10.1. The molecule has 3 rings (SSSR count). The van der Waals surface area contributed by atoms with E-state index in [2.05, 4.69) is 42.2 Å². The second kappa shape index (κ2) is 8.80. The maximum absolute atomic E-state index is 9.54. The van der Waals surface area contributed by atoms with Crippen LogP contribution in [0.2, 0.25) is 5.02 Å². The average molecular weight is 379 g/mol. The van der Waals surface area contributed by atoms with Crippen molar-refractivity contribution in [1.82, 2.24) is 4.98 Å². The highest BCUT2D eigenvalue weighted by molar-refractivity contribution is 7.11.